The molecule has 1 aliphatic carbocycles. The molecule has 0 spiro atoms. The van der Waals surface area contributed by atoms with Gasteiger partial charge in [-0.1, -0.05) is 18.9 Å². The number of alkyl halides is 3. The number of aromatic nitrogens is 2. The molecule has 158 valence electrons. The summed E-state index contributed by atoms with van der Waals surface area (Å²) < 4.78 is 41.0. The molecule has 9 heteroatoms. The molecule has 2 aromatic heterocycles. The van der Waals surface area contributed by atoms with Gasteiger partial charge in [0.15, 0.2) is 5.13 Å². The maximum absolute atomic E-state index is 12.9. The van der Waals surface area contributed by atoms with Gasteiger partial charge in [-0.25, -0.2) is 4.98 Å². The fraction of sp³-hybridized carbons (Fsp3) is 0.333. The highest BCUT2D eigenvalue weighted by Crippen LogP contribution is 2.38. The average Bonchev–Trinajstić information content (AvgIpc) is 3.41. The summed E-state index contributed by atoms with van der Waals surface area (Å²) in [6.45, 7) is 1.88. The van der Waals surface area contributed by atoms with Crippen molar-refractivity contribution >= 4 is 28.1 Å². The van der Waals surface area contributed by atoms with Gasteiger partial charge in [-0.3, -0.25) is 4.79 Å². The number of nitrogens with two attached hydrogens (primary N) is 1. The Labute approximate surface area is 175 Å². The fourth-order valence-corrected chi connectivity index (χ4v) is 4.77. The van der Waals surface area contributed by atoms with Crippen LogP contribution in [0.2, 0.25) is 0 Å². The Morgan fingerprint density at radius 3 is 2.67 bits per heavy atom. The number of amides is 1. The maximum atomic E-state index is 12.9. The number of carbonyl (C=O) groups is 1. The number of carbonyl (C=O) groups excluding carboxylic acids is 1. The van der Waals surface area contributed by atoms with E-state index < -0.39 is 17.6 Å². The van der Waals surface area contributed by atoms with E-state index in [0.717, 1.165) is 49.2 Å². The summed E-state index contributed by atoms with van der Waals surface area (Å²) in [6.07, 6.45) is -0.0863. The lowest BCUT2D eigenvalue weighted by Crippen LogP contribution is -2.14. The molecule has 1 amide bonds. The first-order valence-corrected chi connectivity index (χ1v) is 10.5. The van der Waals surface area contributed by atoms with E-state index in [1.165, 1.54) is 17.4 Å². The van der Waals surface area contributed by atoms with Crippen LogP contribution < -0.4 is 11.1 Å². The first kappa shape index (κ1) is 20.5. The van der Waals surface area contributed by atoms with E-state index in [1.54, 1.807) is 12.1 Å². The summed E-state index contributed by atoms with van der Waals surface area (Å²) in [5.41, 5.74) is 7.91. The van der Waals surface area contributed by atoms with Gasteiger partial charge in [-0.2, -0.15) is 13.2 Å². The van der Waals surface area contributed by atoms with Gasteiger partial charge >= 0.3 is 6.18 Å². The molecule has 0 radical (unpaired) electrons. The molecule has 1 aromatic carbocycles. The lowest BCUT2D eigenvalue weighted by Gasteiger charge is -2.18. The van der Waals surface area contributed by atoms with Crippen LogP contribution in [0, 0.1) is 6.92 Å². The first-order chi connectivity index (χ1) is 14.2. The van der Waals surface area contributed by atoms with Gasteiger partial charge in [0, 0.05) is 22.8 Å². The van der Waals surface area contributed by atoms with Gasteiger partial charge in [-0.15, -0.1) is 11.3 Å². The summed E-state index contributed by atoms with van der Waals surface area (Å²) >= 11 is 1.29. The van der Waals surface area contributed by atoms with Crippen LogP contribution in [0.25, 0.3) is 11.4 Å². The normalized spacial score (nSPS) is 14.9. The fourth-order valence-electron chi connectivity index (χ4n) is 4.05. The lowest BCUT2D eigenvalue weighted by molar-refractivity contribution is -0.137. The Morgan fingerprint density at radius 2 is 2.00 bits per heavy atom. The van der Waals surface area contributed by atoms with Crippen LogP contribution in [-0.2, 0) is 6.18 Å². The van der Waals surface area contributed by atoms with Gasteiger partial charge < -0.3 is 15.6 Å². The second-order valence-corrected chi connectivity index (χ2v) is 8.30. The summed E-state index contributed by atoms with van der Waals surface area (Å²) in [5.74, 6) is -0.483. The number of thiazole rings is 1. The van der Waals surface area contributed by atoms with E-state index in [-0.39, 0.29) is 6.04 Å². The minimum atomic E-state index is -4.41. The van der Waals surface area contributed by atoms with Crippen molar-refractivity contribution in [3.63, 3.8) is 0 Å². The molecule has 2 heterocycles. The van der Waals surface area contributed by atoms with Crippen molar-refractivity contribution in [3.05, 3.63) is 52.5 Å². The maximum Gasteiger partial charge on any atom is 0.416 e. The zero-order valence-electron chi connectivity index (χ0n) is 16.3. The highest BCUT2D eigenvalue weighted by atomic mass is 32.1. The smallest absolute Gasteiger partial charge is 0.366 e. The molecule has 30 heavy (non-hydrogen) atoms. The SMILES string of the molecule is Cc1c(C(N)=O)cc(-c2csc(Nc3cccc(C(F)(F)F)c3)n2)n1C1CCCC1. The first-order valence-electron chi connectivity index (χ1n) is 9.66. The van der Waals surface area contributed by atoms with E-state index >= 15 is 0 Å². The van der Waals surface area contributed by atoms with Crippen molar-refractivity contribution in [2.24, 2.45) is 5.73 Å². The van der Waals surface area contributed by atoms with Crippen LogP contribution in [0.5, 0.6) is 0 Å². The van der Waals surface area contributed by atoms with E-state index in [0.29, 0.717) is 22.1 Å². The van der Waals surface area contributed by atoms with Crippen LogP contribution in [0.3, 0.4) is 0 Å². The molecule has 0 bridgehead atoms. The third kappa shape index (κ3) is 3.94. The predicted octanol–water partition coefficient (Wildman–Crippen LogP) is 5.90. The van der Waals surface area contributed by atoms with E-state index in [2.05, 4.69) is 14.9 Å². The number of nitrogens with one attached hydrogen (secondary N) is 1. The van der Waals surface area contributed by atoms with Crippen LogP contribution in [0.4, 0.5) is 24.0 Å². The van der Waals surface area contributed by atoms with Crippen LogP contribution in [0.1, 0.15) is 53.3 Å². The monoisotopic (exact) mass is 434 g/mol. The highest BCUT2D eigenvalue weighted by Gasteiger charge is 2.30. The van der Waals surface area contributed by atoms with Gasteiger partial charge in [-0.05, 0) is 44.0 Å². The number of halogens is 3. The molecule has 1 saturated carbocycles. The number of rotatable bonds is 5. The summed E-state index contributed by atoms with van der Waals surface area (Å²) in [7, 11) is 0. The number of hydrogen-bond donors (Lipinski definition) is 2. The minimum absolute atomic E-state index is 0.287. The van der Waals surface area contributed by atoms with Gasteiger partial charge in [0.05, 0.1) is 22.5 Å². The highest BCUT2D eigenvalue weighted by molar-refractivity contribution is 7.14. The predicted molar refractivity (Wildman–Crippen MR) is 111 cm³/mol. The molecular formula is C21H21F3N4OS. The quantitative estimate of drug-likeness (QED) is 0.525. The van der Waals surface area contributed by atoms with Crippen molar-refractivity contribution in [1.29, 1.82) is 0 Å². The van der Waals surface area contributed by atoms with Gasteiger partial charge in [0.1, 0.15) is 0 Å². The molecule has 5 nitrogen and oxygen atoms in total. The molecule has 0 unspecified atom stereocenters. The van der Waals surface area contributed by atoms with Gasteiger partial charge in [0.2, 0.25) is 0 Å². The lowest BCUT2D eigenvalue weighted by atomic mass is 10.2. The number of benzene rings is 1. The molecular weight excluding hydrogens is 413 g/mol. The third-order valence-corrected chi connectivity index (χ3v) is 6.21. The summed E-state index contributed by atoms with van der Waals surface area (Å²) in [6, 6.07) is 7.05. The molecule has 0 atom stereocenters. The second kappa shape index (κ2) is 7.79. The molecule has 0 aliphatic heterocycles. The van der Waals surface area contributed by atoms with Crippen molar-refractivity contribution < 1.29 is 18.0 Å². The van der Waals surface area contributed by atoms with Crippen molar-refractivity contribution in [2.75, 3.05) is 5.32 Å². The minimum Gasteiger partial charge on any atom is -0.366 e. The molecule has 3 aromatic rings. The molecule has 1 aliphatic rings. The number of hydrogen-bond acceptors (Lipinski definition) is 4. The Hall–Kier alpha value is -2.81. The zero-order chi connectivity index (χ0) is 21.5. The Bertz CT molecular complexity index is 1080. The van der Waals surface area contributed by atoms with E-state index in [9.17, 15) is 18.0 Å². The number of nitrogens with zero attached hydrogens (tertiary/aromatic N) is 2. The van der Waals surface area contributed by atoms with Crippen LogP contribution in [-0.4, -0.2) is 15.5 Å². The van der Waals surface area contributed by atoms with Gasteiger partial charge in [0.25, 0.3) is 5.91 Å². The van der Waals surface area contributed by atoms with E-state index in [1.807, 2.05) is 12.3 Å². The third-order valence-electron chi connectivity index (χ3n) is 5.45. The Kier molecular flexibility index (Phi) is 5.31. The van der Waals surface area contributed by atoms with Crippen LogP contribution >= 0.6 is 11.3 Å². The Morgan fingerprint density at radius 1 is 1.27 bits per heavy atom. The molecule has 4 rings (SSSR count). The van der Waals surface area contributed by atoms with Crippen molar-refractivity contribution in [3.8, 4) is 11.4 Å². The average molecular weight is 434 g/mol. The Balaban J connectivity index is 1.66. The largest absolute Gasteiger partial charge is 0.416 e. The van der Waals surface area contributed by atoms with Crippen LogP contribution in [0.15, 0.2) is 35.7 Å². The zero-order valence-corrected chi connectivity index (χ0v) is 17.1. The standard InChI is InChI=1S/C21H21F3N4OS/c1-12-16(19(25)29)10-18(28(12)15-7-2-3-8-15)17-11-30-20(27-17)26-14-6-4-5-13(9-14)21(22,23)24/h4-6,9-11,15H,2-3,7-8H2,1H3,(H2,25,29)(H,26,27). The number of anilines is 2. The van der Waals surface area contributed by atoms with E-state index in [4.69, 9.17) is 5.73 Å². The topological polar surface area (TPSA) is 72.9 Å². The van der Waals surface area contributed by atoms with Crippen molar-refractivity contribution in [2.45, 2.75) is 44.8 Å². The summed E-state index contributed by atoms with van der Waals surface area (Å²) in [5, 5.41) is 5.25. The molecule has 1 fully saturated rings. The molecule has 3 N–H and O–H groups in total. The second-order valence-electron chi connectivity index (χ2n) is 7.44. The van der Waals surface area contributed by atoms with Crippen molar-refractivity contribution in [1.82, 2.24) is 9.55 Å². The number of primary amides is 1. The summed E-state index contributed by atoms with van der Waals surface area (Å²) in [4.78, 5) is 16.4. The molecule has 0 saturated heterocycles.